The van der Waals surface area contributed by atoms with Crippen LogP contribution in [0.3, 0.4) is 0 Å². The fourth-order valence-corrected chi connectivity index (χ4v) is 1.95. The number of nitrogens with one attached hydrogen (secondary N) is 1. The highest BCUT2D eigenvalue weighted by molar-refractivity contribution is 4.86. The third-order valence-electron chi connectivity index (χ3n) is 3.03. The summed E-state index contributed by atoms with van der Waals surface area (Å²) in [6.45, 7) is 7.54. The molecule has 1 fully saturated rings. The standard InChI is InChI=1S/C13H27NO4/c1-3-16-5-6-17-10-12(15)9-14-11-7-13(8-11)18-4-2/h11-15H,3-10H2,1-2H3. The maximum atomic E-state index is 9.68. The molecule has 18 heavy (non-hydrogen) atoms. The summed E-state index contributed by atoms with van der Waals surface area (Å²) in [5.41, 5.74) is 0. The molecule has 0 radical (unpaired) electrons. The van der Waals surface area contributed by atoms with E-state index in [-0.39, 0.29) is 0 Å². The van der Waals surface area contributed by atoms with Crippen LogP contribution in [-0.2, 0) is 14.2 Å². The van der Waals surface area contributed by atoms with Gasteiger partial charge in [0.25, 0.3) is 0 Å². The Bertz CT molecular complexity index is 197. The van der Waals surface area contributed by atoms with E-state index in [0.717, 1.165) is 19.4 Å². The lowest BCUT2D eigenvalue weighted by molar-refractivity contribution is -0.0195. The molecule has 1 rings (SSSR count). The van der Waals surface area contributed by atoms with Crippen molar-refractivity contribution in [3.63, 3.8) is 0 Å². The second-order valence-corrected chi connectivity index (χ2v) is 4.58. The predicted octanol–water partition coefficient (Wildman–Crippen LogP) is 0.558. The van der Waals surface area contributed by atoms with Crippen molar-refractivity contribution in [2.75, 3.05) is 39.6 Å². The molecular formula is C13H27NO4. The van der Waals surface area contributed by atoms with Gasteiger partial charge in [0.2, 0.25) is 0 Å². The zero-order valence-corrected chi connectivity index (χ0v) is 11.6. The molecule has 1 aliphatic rings. The van der Waals surface area contributed by atoms with E-state index >= 15 is 0 Å². The first-order chi connectivity index (χ1) is 8.76. The highest BCUT2D eigenvalue weighted by atomic mass is 16.5. The summed E-state index contributed by atoms with van der Waals surface area (Å²) < 4.78 is 15.9. The van der Waals surface area contributed by atoms with Gasteiger partial charge in [0.15, 0.2) is 0 Å². The van der Waals surface area contributed by atoms with Gasteiger partial charge < -0.3 is 24.6 Å². The zero-order valence-electron chi connectivity index (χ0n) is 11.6. The quantitative estimate of drug-likeness (QED) is 0.532. The third-order valence-corrected chi connectivity index (χ3v) is 3.03. The van der Waals surface area contributed by atoms with E-state index in [1.807, 2.05) is 13.8 Å². The monoisotopic (exact) mass is 261 g/mol. The Hall–Kier alpha value is -0.200. The van der Waals surface area contributed by atoms with E-state index < -0.39 is 6.10 Å². The van der Waals surface area contributed by atoms with Crippen LogP contribution in [-0.4, -0.2) is 62.9 Å². The number of aliphatic hydroxyl groups is 1. The Labute approximate surface area is 110 Å². The van der Waals surface area contributed by atoms with Gasteiger partial charge in [-0.05, 0) is 26.7 Å². The Morgan fingerprint density at radius 1 is 1.17 bits per heavy atom. The smallest absolute Gasteiger partial charge is 0.0897 e. The van der Waals surface area contributed by atoms with E-state index in [0.29, 0.717) is 45.1 Å². The molecule has 2 N–H and O–H groups in total. The molecule has 0 amide bonds. The molecule has 0 aromatic carbocycles. The fourth-order valence-electron chi connectivity index (χ4n) is 1.95. The summed E-state index contributed by atoms with van der Waals surface area (Å²) in [6.07, 6.45) is 2.06. The average Bonchev–Trinajstić information content (AvgIpc) is 2.31. The third kappa shape index (κ3) is 6.66. The van der Waals surface area contributed by atoms with Gasteiger partial charge in [0, 0.05) is 25.8 Å². The lowest BCUT2D eigenvalue weighted by Gasteiger charge is -2.36. The maximum Gasteiger partial charge on any atom is 0.0897 e. The molecule has 0 aromatic heterocycles. The van der Waals surface area contributed by atoms with Crippen molar-refractivity contribution < 1.29 is 19.3 Å². The van der Waals surface area contributed by atoms with Crippen molar-refractivity contribution in [2.45, 2.75) is 44.9 Å². The largest absolute Gasteiger partial charge is 0.389 e. The van der Waals surface area contributed by atoms with Gasteiger partial charge in [-0.15, -0.1) is 0 Å². The van der Waals surface area contributed by atoms with Gasteiger partial charge in [-0.25, -0.2) is 0 Å². The summed E-state index contributed by atoms with van der Waals surface area (Å²) in [4.78, 5) is 0. The van der Waals surface area contributed by atoms with Crippen LogP contribution in [0.15, 0.2) is 0 Å². The molecule has 0 bridgehead atoms. The van der Waals surface area contributed by atoms with Crippen LogP contribution >= 0.6 is 0 Å². The second-order valence-electron chi connectivity index (χ2n) is 4.58. The molecule has 108 valence electrons. The molecule has 1 aliphatic carbocycles. The molecule has 0 heterocycles. The number of hydrogen-bond acceptors (Lipinski definition) is 5. The lowest BCUT2D eigenvalue weighted by Crippen LogP contribution is -2.48. The van der Waals surface area contributed by atoms with Crippen LogP contribution in [0.2, 0.25) is 0 Å². The summed E-state index contributed by atoms with van der Waals surface area (Å²) in [6, 6.07) is 0.486. The molecule has 5 heteroatoms. The minimum absolute atomic E-state index is 0.363. The molecule has 5 nitrogen and oxygen atoms in total. The van der Waals surface area contributed by atoms with Gasteiger partial charge >= 0.3 is 0 Å². The summed E-state index contributed by atoms with van der Waals surface area (Å²) in [7, 11) is 0. The van der Waals surface area contributed by atoms with Crippen LogP contribution in [0.1, 0.15) is 26.7 Å². The first-order valence-corrected chi connectivity index (χ1v) is 6.94. The van der Waals surface area contributed by atoms with E-state index in [2.05, 4.69) is 5.32 Å². The maximum absolute atomic E-state index is 9.68. The zero-order chi connectivity index (χ0) is 13.2. The Morgan fingerprint density at radius 2 is 1.89 bits per heavy atom. The lowest BCUT2D eigenvalue weighted by atomic mass is 9.89. The highest BCUT2D eigenvalue weighted by Crippen LogP contribution is 2.22. The SMILES string of the molecule is CCOCCOCC(O)CNC1CC(OCC)C1. The minimum Gasteiger partial charge on any atom is -0.389 e. The van der Waals surface area contributed by atoms with E-state index in [1.165, 1.54) is 0 Å². The van der Waals surface area contributed by atoms with Gasteiger partial charge in [-0.1, -0.05) is 0 Å². The van der Waals surface area contributed by atoms with Gasteiger partial charge in [0.05, 0.1) is 32.0 Å². The molecule has 0 saturated heterocycles. The summed E-state index contributed by atoms with van der Waals surface area (Å²) >= 11 is 0. The molecule has 0 aliphatic heterocycles. The van der Waals surface area contributed by atoms with Gasteiger partial charge in [-0.3, -0.25) is 0 Å². The highest BCUT2D eigenvalue weighted by Gasteiger charge is 2.29. The van der Waals surface area contributed by atoms with Crippen LogP contribution in [0, 0.1) is 0 Å². The number of rotatable bonds is 11. The van der Waals surface area contributed by atoms with Crippen molar-refractivity contribution in [3.05, 3.63) is 0 Å². The topological polar surface area (TPSA) is 60.0 Å². The van der Waals surface area contributed by atoms with E-state index in [1.54, 1.807) is 0 Å². The average molecular weight is 261 g/mol. The van der Waals surface area contributed by atoms with Crippen molar-refractivity contribution >= 4 is 0 Å². The summed E-state index contributed by atoms with van der Waals surface area (Å²) in [5, 5.41) is 13.0. The molecule has 0 aromatic rings. The number of aliphatic hydroxyl groups excluding tert-OH is 1. The van der Waals surface area contributed by atoms with E-state index in [9.17, 15) is 5.11 Å². The first kappa shape index (κ1) is 15.9. The molecular weight excluding hydrogens is 234 g/mol. The number of hydrogen-bond donors (Lipinski definition) is 2. The Balaban J connectivity index is 1.87. The van der Waals surface area contributed by atoms with Crippen molar-refractivity contribution in [1.29, 1.82) is 0 Å². The van der Waals surface area contributed by atoms with Crippen LogP contribution in [0.25, 0.3) is 0 Å². The Morgan fingerprint density at radius 3 is 2.56 bits per heavy atom. The molecule has 0 spiro atoms. The van der Waals surface area contributed by atoms with Crippen molar-refractivity contribution in [1.82, 2.24) is 5.32 Å². The molecule has 1 saturated carbocycles. The number of ether oxygens (including phenoxy) is 3. The normalized spacial score (nSPS) is 24.8. The molecule has 1 unspecified atom stereocenters. The van der Waals surface area contributed by atoms with Crippen LogP contribution in [0.5, 0.6) is 0 Å². The van der Waals surface area contributed by atoms with Gasteiger partial charge in [-0.2, -0.15) is 0 Å². The van der Waals surface area contributed by atoms with Crippen LogP contribution < -0.4 is 5.32 Å². The van der Waals surface area contributed by atoms with Crippen molar-refractivity contribution in [2.24, 2.45) is 0 Å². The molecule has 1 atom stereocenters. The van der Waals surface area contributed by atoms with Gasteiger partial charge in [0.1, 0.15) is 0 Å². The predicted molar refractivity (Wildman–Crippen MR) is 69.8 cm³/mol. The minimum atomic E-state index is -0.447. The first-order valence-electron chi connectivity index (χ1n) is 6.94. The van der Waals surface area contributed by atoms with E-state index in [4.69, 9.17) is 14.2 Å². The Kier molecular flexibility index (Phi) is 8.54. The fraction of sp³-hybridized carbons (Fsp3) is 1.00. The summed E-state index contributed by atoms with van der Waals surface area (Å²) in [5.74, 6) is 0. The van der Waals surface area contributed by atoms with Crippen molar-refractivity contribution in [3.8, 4) is 0 Å². The second kappa shape index (κ2) is 9.69. The van der Waals surface area contributed by atoms with Crippen LogP contribution in [0.4, 0.5) is 0 Å².